The van der Waals surface area contributed by atoms with Crippen LogP contribution in [0, 0.1) is 5.92 Å². The molecule has 0 bridgehead atoms. The highest BCUT2D eigenvalue weighted by Crippen LogP contribution is 2.22. The number of carbonyl (C=O) groups is 2. The molecule has 2 unspecified atom stereocenters. The molecular weight excluding hydrogens is 266 g/mol. The third kappa shape index (κ3) is 5.06. The lowest BCUT2D eigenvalue weighted by Crippen LogP contribution is -2.30. The van der Waals surface area contributed by atoms with Crippen LogP contribution in [-0.2, 0) is 9.59 Å². The van der Waals surface area contributed by atoms with Crippen LogP contribution in [-0.4, -0.2) is 17.0 Å². The predicted molar refractivity (Wildman–Crippen MR) is 80.7 cm³/mol. The Bertz CT molecular complexity index is 510. The van der Waals surface area contributed by atoms with Gasteiger partial charge in [-0.1, -0.05) is 42.5 Å². The summed E-state index contributed by atoms with van der Waals surface area (Å²) in [6.07, 6.45) is 7.20. The summed E-state index contributed by atoms with van der Waals surface area (Å²) in [6.45, 7) is 0. The van der Waals surface area contributed by atoms with Crippen molar-refractivity contribution in [2.24, 2.45) is 5.92 Å². The van der Waals surface area contributed by atoms with Crippen molar-refractivity contribution in [1.29, 1.82) is 0 Å². The molecule has 1 amide bonds. The van der Waals surface area contributed by atoms with E-state index in [2.05, 4.69) is 17.5 Å². The zero-order valence-corrected chi connectivity index (χ0v) is 12.0. The highest BCUT2D eigenvalue weighted by Gasteiger charge is 2.19. The lowest BCUT2D eigenvalue weighted by atomic mass is 10.00. The second kappa shape index (κ2) is 7.62. The molecule has 4 heteroatoms. The van der Waals surface area contributed by atoms with Gasteiger partial charge in [-0.3, -0.25) is 9.59 Å². The Balaban J connectivity index is 1.96. The van der Waals surface area contributed by atoms with Gasteiger partial charge in [0.25, 0.3) is 0 Å². The molecule has 0 spiro atoms. The van der Waals surface area contributed by atoms with Crippen LogP contribution in [0.4, 0.5) is 0 Å². The first-order valence-electron chi connectivity index (χ1n) is 7.38. The Labute approximate surface area is 124 Å². The van der Waals surface area contributed by atoms with Crippen LogP contribution in [0.25, 0.3) is 0 Å². The number of benzene rings is 1. The van der Waals surface area contributed by atoms with Gasteiger partial charge in [-0.25, -0.2) is 0 Å². The number of allylic oxidation sites excluding steroid dienone is 2. The summed E-state index contributed by atoms with van der Waals surface area (Å²) < 4.78 is 0. The van der Waals surface area contributed by atoms with Crippen LogP contribution in [0.2, 0.25) is 0 Å². The summed E-state index contributed by atoms with van der Waals surface area (Å²) in [5.74, 6) is -0.532. The fourth-order valence-corrected chi connectivity index (χ4v) is 2.63. The Morgan fingerprint density at radius 1 is 1.29 bits per heavy atom. The number of hydrogen-bond donors (Lipinski definition) is 2. The molecule has 0 saturated carbocycles. The molecule has 0 aliphatic heterocycles. The van der Waals surface area contributed by atoms with Crippen molar-refractivity contribution in [1.82, 2.24) is 5.32 Å². The van der Waals surface area contributed by atoms with Crippen molar-refractivity contribution in [3.63, 3.8) is 0 Å². The topological polar surface area (TPSA) is 66.4 Å². The van der Waals surface area contributed by atoms with E-state index in [1.54, 1.807) is 0 Å². The number of rotatable bonds is 7. The first-order valence-corrected chi connectivity index (χ1v) is 7.38. The van der Waals surface area contributed by atoms with Crippen molar-refractivity contribution < 1.29 is 14.7 Å². The molecule has 1 aromatic rings. The van der Waals surface area contributed by atoms with Crippen LogP contribution >= 0.6 is 0 Å². The van der Waals surface area contributed by atoms with Crippen molar-refractivity contribution in [2.75, 3.05) is 0 Å². The number of carboxylic acid groups (broad SMARTS) is 1. The van der Waals surface area contributed by atoms with Crippen molar-refractivity contribution in [2.45, 2.75) is 38.1 Å². The van der Waals surface area contributed by atoms with Crippen LogP contribution in [0.5, 0.6) is 0 Å². The summed E-state index contributed by atoms with van der Waals surface area (Å²) in [5, 5.41) is 11.8. The van der Waals surface area contributed by atoms with Gasteiger partial charge in [0.1, 0.15) is 0 Å². The minimum atomic E-state index is -0.844. The number of carboxylic acids is 1. The van der Waals surface area contributed by atoms with Crippen LogP contribution in [0.3, 0.4) is 0 Å². The first kappa shape index (κ1) is 15.3. The fourth-order valence-electron chi connectivity index (χ4n) is 2.63. The molecule has 112 valence electrons. The van der Waals surface area contributed by atoms with Gasteiger partial charge in [0.2, 0.25) is 5.91 Å². The van der Waals surface area contributed by atoms with Crippen LogP contribution in [0.15, 0.2) is 42.5 Å². The van der Waals surface area contributed by atoms with Gasteiger partial charge >= 0.3 is 5.97 Å². The average Bonchev–Trinajstić information content (AvgIpc) is 2.97. The van der Waals surface area contributed by atoms with E-state index >= 15 is 0 Å². The summed E-state index contributed by atoms with van der Waals surface area (Å²) in [5.41, 5.74) is 0.953. The summed E-state index contributed by atoms with van der Waals surface area (Å²) in [4.78, 5) is 22.9. The predicted octanol–water partition coefficient (Wildman–Crippen LogP) is 3.07. The largest absolute Gasteiger partial charge is 0.481 e. The van der Waals surface area contributed by atoms with Gasteiger partial charge in [-0.15, -0.1) is 0 Å². The Hall–Kier alpha value is -2.10. The number of hydrogen-bond acceptors (Lipinski definition) is 2. The average molecular weight is 287 g/mol. The highest BCUT2D eigenvalue weighted by molar-refractivity contribution is 5.77. The van der Waals surface area contributed by atoms with Crippen LogP contribution in [0.1, 0.15) is 43.7 Å². The lowest BCUT2D eigenvalue weighted by Gasteiger charge is -2.19. The molecule has 0 saturated heterocycles. The molecule has 0 heterocycles. The second-order valence-electron chi connectivity index (χ2n) is 5.43. The van der Waals surface area contributed by atoms with E-state index in [0.29, 0.717) is 18.8 Å². The monoisotopic (exact) mass is 287 g/mol. The van der Waals surface area contributed by atoms with Gasteiger partial charge in [0.05, 0.1) is 6.04 Å². The molecule has 0 aromatic heterocycles. The molecule has 21 heavy (non-hydrogen) atoms. The zero-order chi connectivity index (χ0) is 15.1. The minimum Gasteiger partial charge on any atom is -0.481 e. The quantitative estimate of drug-likeness (QED) is 0.757. The van der Waals surface area contributed by atoms with Crippen molar-refractivity contribution in [3.05, 3.63) is 48.0 Å². The molecule has 1 aliphatic rings. The van der Waals surface area contributed by atoms with Gasteiger partial charge in [0.15, 0.2) is 0 Å². The number of carbonyl (C=O) groups excluding carboxylic acids is 1. The normalized spacial score (nSPS) is 18.4. The molecular formula is C17H21NO3. The molecule has 1 aromatic carbocycles. The van der Waals surface area contributed by atoms with Crippen molar-refractivity contribution in [3.8, 4) is 0 Å². The summed E-state index contributed by atoms with van der Waals surface area (Å²) in [6, 6.07) is 9.30. The number of amides is 1. The summed E-state index contributed by atoms with van der Waals surface area (Å²) >= 11 is 0. The maximum absolute atomic E-state index is 12.1. The Morgan fingerprint density at radius 3 is 2.67 bits per heavy atom. The molecule has 2 rings (SSSR count). The zero-order valence-electron chi connectivity index (χ0n) is 12.0. The molecule has 2 N–H and O–H groups in total. The SMILES string of the molecule is O=C(O)CCC(NC(=O)CC1C=CCC1)c1ccccc1. The fraction of sp³-hybridized carbons (Fsp3) is 0.412. The van der Waals surface area contributed by atoms with E-state index < -0.39 is 5.97 Å². The van der Waals surface area contributed by atoms with Gasteiger partial charge < -0.3 is 10.4 Å². The van der Waals surface area contributed by atoms with E-state index in [1.165, 1.54) is 0 Å². The summed E-state index contributed by atoms with van der Waals surface area (Å²) in [7, 11) is 0. The molecule has 2 atom stereocenters. The Kier molecular flexibility index (Phi) is 5.55. The number of nitrogens with one attached hydrogen (secondary N) is 1. The molecule has 1 aliphatic carbocycles. The van der Waals surface area contributed by atoms with Gasteiger partial charge in [-0.05, 0) is 30.7 Å². The second-order valence-corrected chi connectivity index (χ2v) is 5.43. The smallest absolute Gasteiger partial charge is 0.303 e. The molecule has 0 radical (unpaired) electrons. The van der Waals surface area contributed by atoms with Gasteiger partial charge in [-0.2, -0.15) is 0 Å². The molecule has 0 fully saturated rings. The molecule has 4 nitrogen and oxygen atoms in total. The van der Waals surface area contributed by atoms with E-state index in [-0.39, 0.29) is 18.4 Å². The van der Waals surface area contributed by atoms with E-state index in [0.717, 1.165) is 18.4 Å². The van der Waals surface area contributed by atoms with Crippen LogP contribution < -0.4 is 5.32 Å². The Morgan fingerprint density at radius 2 is 2.05 bits per heavy atom. The maximum Gasteiger partial charge on any atom is 0.303 e. The third-order valence-electron chi connectivity index (χ3n) is 3.74. The lowest BCUT2D eigenvalue weighted by molar-refractivity contribution is -0.137. The highest BCUT2D eigenvalue weighted by atomic mass is 16.4. The first-order chi connectivity index (χ1) is 10.1. The third-order valence-corrected chi connectivity index (χ3v) is 3.74. The number of aliphatic carboxylic acids is 1. The maximum atomic E-state index is 12.1. The van der Waals surface area contributed by atoms with E-state index in [1.807, 2.05) is 30.3 Å². The minimum absolute atomic E-state index is 0.00853. The van der Waals surface area contributed by atoms with Gasteiger partial charge in [0, 0.05) is 12.8 Å². The van der Waals surface area contributed by atoms with E-state index in [9.17, 15) is 9.59 Å². The standard InChI is InChI=1S/C17H21NO3/c19-16(12-13-6-4-5-7-13)18-15(10-11-17(20)21)14-8-2-1-3-9-14/h1-4,6,8-9,13,15H,5,7,10-12H2,(H,18,19)(H,20,21). The van der Waals surface area contributed by atoms with E-state index in [4.69, 9.17) is 5.11 Å². The van der Waals surface area contributed by atoms with Crippen molar-refractivity contribution >= 4 is 11.9 Å².